The molecule has 0 aromatic heterocycles. The van der Waals surface area contributed by atoms with Crippen LogP contribution in [0.15, 0.2) is 36.9 Å². The molecule has 1 aromatic rings. The number of nitrogens with zero attached hydrogens (tertiary/aromatic N) is 2. The van der Waals surface area contributed by atoms with Crippen molar-refractivity contribution in [3.05, 3.63) is 52.6 Å². The van der Waals surface area contributed by atoms with Gasteiger partial charge in [-0.05, 0) is 23.9 Å². The first kappa shape index (κ1) is 15.7. The second-order valence-corrected chi connectivity index (χ2v) is 6.12. The Balaban J connectivity index is 2.06. The summed E-state index contributed by atoms with van der Waals surface area (Å²) in [6.45, 7) is 10.7. The highest BCUT2D eigenvalue weighted by atomic mass is 16.6. The van der Waals surface area contributed by atoms with Crippen LogP contribution in [0.4, 0.5) is 5.69 Å². The monoisotopic (exact) mass is 289 g/mol. The average Bonchev–Trinajstić information content (AvgIpc) is 2.85. The molecular weight excluding hydrogens is 266 g/mol. The van der Waals surface area contributed by atoms with Crippen LogP contribution >= 0.6 is 0 Å². The highest BCUT2D eigenvalue weighted by Crippen LogP contribution is 2.26. The molecule has 0 radical (unpaired) electrons. The molecule has 1 atom stereocenters. The minimum atomic E-state index is -0.344. The second-order valence-electron chi connectivity index (χ2n) is 6.12. The number of benzene rings is 1. The van der Waals surface area contributed by atoms with Crippen molar-refractivity contribution in [2.24, 2.45) is 5.41 Å². The number of nitrogens with one attached hydrogen (secondary N) is 1. The molecule has 0 amide bonds. The number of nitro benzene ring substituents is 1. The maximum absolute atomic E-state index is 10.9. The lowest BCUT2D eigenvalue weighted by molar-refractivity contribution is -0.384. The van der Waals surface area contributed by atoms with Crippen molar-refractivity contribution in [1.29, 1.82) is 0 Å². The van der Waals surface area contributed by atoms with E-state index in [4.69, 9.17) is 0 Å². The molecule has 21 heavy (non-hydrogen) atoms. The lowest BCUT2D eigenvalue weighted by Gasteiger charge is -2.31. The standard InChI is InChI=1S/C16H23N3O2/c1-3-9-18(13-16(2)7-8-17-12-16)11-14-5-4-6-15(10-14)19(20)21/h3-6,10,17H,1,7-9,11-13H2,2H3. The van der Waals surface area contributed by atoms with Gasteiger partial charge in [-0.1, -0.05) is 25.1 Å². The lowest BCUT2D eigenvalue weighted by Crippen LogP contribution is -2.37. The SMILES string of the molecule is C=CCN(Cc1cccc([N+](=O)[O-])c1)CC1(C)CCNC1. The molecule has 5 nitrogen and oxygen atoms in total. The van der Waals surface area contributed by atoms with Crippen molar-refractivity contribution in [3.8, 4) is 0 Å². The van der Waals surface area contributed by atoms with Gasteiger partial charge in [0.05, 0.1) is 4.92 Å². The van der Waals surface area contributed by atoms with E-state index in [1.807, 2.05) is 12.1 Å². The Morgan fingerprint density at radius 2 is 2.38 bits per heavy atom. The molecular formula is C16H23N3O2. The highest BCUT2D eigenvalue weighted by molar-refractivity contribution is 5.34. The fraction of sp³-hybridized carbons (Fsp3) is 0.500. The van der Waals surface area contributed by atoms with Crippen LogP contribution in [-0.2, 0) is 6.54 Å². The number of hydrogen-bond acceptors (Lipinski definition) is 4. The molecule has 0 saturated carbocycles. The number of non-ortho nitro benzene ring substituents is 1. The normalized spacial score (nSPS) is 21.6. The molecule has 5 heteroatoms. The predicted molar refractivity (Wildman–Crippen MR) is 84.2 cm³/mol. The van der Waals surface area contributed by atoms with Crippen molar-refractivity contribution < 1.29 is 4.92 Å². The third kappa shape index (κ3) is 4.37. The zero-order valence-electron chi connectivity index (χ0n) is 12.5. The van der Waals surface area contributed by atoms with Crippen LogP contribution in [0.2, 0.25) is 0 Å². The fourth-order valence-corrected chi connectivity index (χ4v) is 2.94. The second kappa shape index (κ2) is 6.83. The predicted octanol–water partition coefficient (Wildman–Crippen LogP) is 2.58. The third-order valence-corrected chi connectivity index (χ3v) is 3.98. The molecule has 1 unspecified atom stereocenters. The summed E-state index contributed by atoms with van der Waals surface area (Å²) in [5, 5.41) is 14.3. The Morgan fingerprint density at radius 3 is 3.00 bits per heavy atom. The zero-order chi connectivity index (χ0) is 15.3. The van der Waals surface area contributed by atoms with E-state index >= 15 is 0 Å². The number of nitro groups is 1. The van der Waals surface area contributed by atoms with Gasteiger partial charge in [0.1, 0.15) is 0 Å². The van der Waals surface area contributed by atoms with Gasteiger partial charge in [-0.3, -0.25) is 15.0 Å². The molecule has 0 spiro atoms. The third-order valence-electron chi connectivity index (χ3n) is 3.98. The van der Waals surface area contributed by atoms with Gasteiger partial charge in [0, 0.05) is 38.3 Å². The van der Waals surface area contributed by atoms with Crippen LogP contribution in [-0.4, -0.2) is 36.0 Å². The Labute approximate surface area is 125 Å². The van der Waals surface area contributed by atoms with E-state index in [1.165, 1.54) is 6.07 Å². The molecule has 1 aliphatic heterocycles. The van der Waals surface area contributed by atoms with E-state index in [0.717, 1.165) is 38.2 Å². The van der Waals surface area contributed by atoms with Crippen LogP contribution in [0.5, 0.6) is 0 Å². The van der Waals surface area contributed by atoms with Crippen LogP contribution in [0.25, 0.3) is 0 Å². The minimum Gasteiger partial charge on any atom is -0.316 e. The van der Waals surface area contributed by atoms with Gasteiger partial charge >= 0.3 is 0 Å². The van der Waals surface area contributed by atoms with Crippen LogP contribution < -0.4 is 5.32 Å². The lowest BCUT2D eigenvalue weighted by atomic mass is 9.89. The maximum atomic E-state index is 10.9. The summed E-state index contributed by atoms with van der Waals surface area (Å²) in [7, 11) is 0. The summed E-state index contributed by atoms with van der Waals surface area (Å²) in [5.41, 5.74) is 1.39. The van der Waals surface area contributed by atoms with Gasteiger partial charge in [-0.25, -0.2) is 0 Å². The van der Waals surface area contributed by atoms with Crippen molar-refractivity contribution in [2.75, 3.05) is 26.2 Å². The Bertz CT molecular complexity index is 510. The summed E-state index contributed by atoms with van der Waals surface area (Å²) in [6.07, 6.45) is 3.05. The van der Waals surface area contributed by atoms with Crippen molar-refractivity contribution in [1.82, 2.24) is 10.2 Å². The van der Waals surface area contributed by atoms with E-state index in [9.17, 15) is 10.1 Å². The first-order valence-corrected chi connectivity index (χ1v) is 7.30. The van der Waals surface area contributed by atoms with E-state index in [0.29, 0.717) is 6.54 Å². The molecule has 2 rings (SSSR count). The van der Waals surface area contributed by atoms with E-state index in [1.54, 1.807) is 12.1 Å². The quantitative estimate of drug-likeness (QED) is 0.476. The molecule has 1 saturated heterocycles. The van der Waals surface area contributed by atoms with E-state index < -0.39 is 0 Å². The summed E-state index contributed by atoms with van der Waals surface area (Å²) >= 11 is 0. The van der Waals surface area contributed by atoms with Gasteiger partial charge in [0.15, 0.2) is 0 Å². The maximum Gasteiger partial charge on any atom is 0.269 e. The van der Waals surface area contributed by atoms with Crippen molar-refractivity contribution >= 4 is 5.69 Å². The largest absolute Gasteiger partial charge is 0.316 e. The topological polar surface area (TPSA) is 58.4 Å². The van der Waals surface area contributed by atoms with Gasteiger partial charge in [0.25, 0.3) is 5.69 Å². The first-order chi connectivity index (χ1) is 10.0. The molecule has 114 valence electrons. The Hall–Kier alpha value is -1.72. The van der Waals surface area contributed by atoms with E-state index in [-0.39, 0.29) is 16.0 Å². The van der Waals surface area contributed by atoms with Gasteiger partial charge in [-0.2, -0.15) is 0 Å². The van der Waals surface area contributed by atoms with Crippen molar-refractivity contribution in [3.63, 3.8) is 0 Å². The van der Waals surface area contributed by atoms with Crippen LogP contribution in [0, 0.1) is 15.5 Å². The smallest absolute Gasteiger partial charge is 0.269 e. The zero-order valence-corrected chi connectivity index (χ0v) is 12.5. The molecule has 1 fully saturated rings. The van der Waals surface area contributed by atoms with Crippen molar-refractivity contribution in [2.45, 2.75) is 19.9 Å². The fourth-order valence-electron chi connectivity index (χ4n) is 2.94. The summed E-state index contributed by atoms with van der Waals surface area (Å²) in [6, 6.07) is 6.88. The van der Waals surface area contributed by atoms with Crippen LogP contribution in [0.3, 0.4) is 0 Å². The summed E-state index contributed by atoms with van der Waals surface area (Å²) < 4.78 is 0. The molecule has 1 N–H and O–H groups in total. The van der Waals surface area contributed by atoms with Gasteiger partial charge in [0.2, 0.25) is 0 Å². The molecule has 1 heterocycles. The van der Waals surface area contributed by atoms with Crippen LogP contribution in [0.1, 0.15) is 18.9 Å². The molecule has 1 aromatic carbocycles. The molecule has 0 bridgehead atoms. The molecule has 0 aliphatic carbocycles. The number of hydrogen-bond donors (Lipinski definition) is 1. The summed E-state index contributed by atoms with van der Waals surface area (Å²) in [5.74, 6) is 0. The summed E-state index contributed by atoms with van der Waals surface area (Å²) in [4.78, 5) is 12.8. The first-order valence-electron chi connectivity index (χ1n) is 7.30. The Kier molecular flexibility index (Phi) is 5.09. The minimum absolute atomic E-state index is 0.153. The van der Waals surface area contributed by atoms with Gasteiger partial charge < -0.3 is 5.32 Å². The molecule has 1 aliphatic rings. The van der Waals surface area contributed by atoms with Gasteiger partial charge in [-0.15, -0.1) is 6.58 Å². The highest BCUT2D eigenvalue weighted by Gasteiger charge is 2.30. The number of rotatable bonds is 7. The average molecular weight is 289 g/mol. The van der Waals surface area contributed by atoms with E-state index in [2.05, 4.69) is 23.7 Å². The Morgan fingerprint density at radius 1 is 1.57 bits per heavy atom.